The van der Waals surface area contributed by atoms with E-state index in [1.807, 2.05) is 0 Å². The number of unbranched alkanes of at least 4 members (excludes halogenated alkanes) is 14. The summed E-state index contributed by atoms with van der Waals surface area (Å²) in [6, 6.07) is 0. The summed E-state index contributed by atoms with van der Waals surface area (Å²) < 4.78 is 0. The van der Waals surface area contributed by atoms with Gasteiger partial charge in [0.25, 0.3) is 0 Å². The first-order chi connectivity index (χ1) is 10.8. The maximum absolute atomic E-state index is 6.95. The van der Waals surface area contributed by atoms with E-state index < -0.39 is 0 Å². The van der Waals surface area contributed by atoms with Gasteiger partial charge in [0.15, 0.2) is 0 Å². The topological polar surface area (TPSA) is 47.6 Å². The molecule has 0 spiro atoms. The summed E-state index contributed by atoms with van der Waals surface area (Å²) in [6.45, 7) is 5.74. The van der Waals surface area contributed by atoms with Crippen LogP contribution in [-0.2, 0) is 16.8 Å². The Morgan fingerprint density at radius 2 is 0.609 bits per heavy atom. The van der Waals surface area contributed by atoms with Gasteiger partial charge in [0, 0.05) is 0 Å². The first-order valence-electron chi connectivity index (χ1n) is 10.1. The van der Waals surface area contributed by atoms with Crippen molar-refractivity contribution < 1.29 is 16.8 Å². The average Bonchev–Trinajstić information content (AvgIpc) is 2.54. The molecule has 0 aromatic carbocycles. The Morgan fingerprint density at radius 3 is 0.826 bits per heavy atom. The Morgan fingerprint density at radius 1 is 0.391 bits per heavy atom. The smallest absolute Gasteiger partial charge is 0.677 e. The zero-order valence-electron chi connectivity index (χ0n) is 16.1. The SMILES string of the molecule is CCCCCCCCCC[NH-].CCCCCCCCCC[NH-].[Co+2]. The van der Waals surface area contributed by atoms with E-state index in [0.29, 0.717) is 13.1 Å². The van der Waals surface area contributed by atoms with Crippen molar-refractivity contribution in [3.63, 3.8) is 0 Å². The van der Waals surface area contributed by atoms with Gasteiger partial charge in [0.05, 0.1) is 0 Å². The van der Waals surface area contributed by atoms with E-state index in [0.717, 1.165) is 12.8 Å². The van der Waals surface area contributed by atoms with Crippen LogP contribution >= 0.6 is 0 Å². The molecule has 0 saturated heterocycles. The number of hydrogen-bond acceptors (Lipinski definition) is 0. The molecule has 0 bridgehead atoms. The first kappa shape index (κ1) is 28.2. The van der Waals surface area contributed by atoms with E-state index >= 15 is 0 Å². The third-order valence-corrected chi connectivity index (χ3v) is 4.06. The van der Waals surface area contributed by atoms with E-state index in [1.165, 1.54) is 89.9 Å². The molecule has 3 heteroatoms. The molecule has 2 N–H and O–H groups in total. The molecule has 2 nitrogen and oxygen atoms in total. The molecule has 0 unspecified atom stereocenters. The normalized spacial score (nSPS) is 9.91. The number of hydrogen-bond donors (Lipinski definition) is 0. The Kier molecular flexibility index (Phi) is 37.2. The van der Waals surface area contributed by atoms with Gasteiger partial charge in [-0.3, -0.25) is 0 Å². The third-order valence-electron chi connectivity index (χ3n) is 4.06. The molecule has 0 aliphatic heterocycles. The second-order valence-electron chi connectivity index (χ2n) is 6.45. The number of nitrogens with one attached hydrogen (secondary N) is 2. The second-order valence-corrected chi connectivity index (χ2v) is 6.45. The van der Waals surface area contributed by atoms with Crippen LogP contribution in [0.5, 0.6) is 0 Å². The predicted molar refractivity (Wildman–Crippen MR) is 104 cm³/mol. The molecule has 0 aromatic heterocycles. The van der Waals surface area contributed by atoms with Crippen LogP contribution in [0, 0.1) is 0 Å². The molecular formula is C20H44CoN2. The second kappa shape index (κ2) is 30.3. The molecule has 0 aliphatic carbocycles. The minimum Gasteiger partial charge on any atom is -0.677 e. The standard InChI is InChI=1S/2C10H22N.Co/c2*1-2-3-4-5-6-7-8-9-10-11;/h2*11H,2-10H2,1H3;/q2*-1;+2. The molecule has 0 saturated carbocycles. The minimum atomic E-state index is 0. The monoisotopic (exact) mass is 371 g/mol. The van der Waals surface area contributed by atoms with Crippen molar-refractivity contribution in [1.82, 2.24) is 0 Å². The fraction of sp³-hybridized carbons (Fsp3) is 1.00. The molecule has 1 radical (unpaired) electrons. The predicted octanol–water partition coefficient (Wildman–Crippen LogP) is 8.36. The summed E-state index contributed by atoms with van der Waals surface area (Å²) in [5.74, 6) is 0. The quantitative estimate of drug-likeness (QED) is 0.245. The molecule has 0 aromatic rings. The van der Waals surface area contributed by atoms with Gasteiger partial charge in [-0.1, -0.05) is 117 Å². The van der Waals surface area contributed by atoms with E-state index in [-0.39, 0.29) is 16.8 Å². The molecule has 0 rings (SSSR count). The summed E-state index contributed by atoms with van der Waals surface area (Å²) in [4.78, 5) is 0. The molecule has 0 heterocycles. The summed E-state index contributed by atoms with van der Waals surface area (Å²) in [6.07, 6.45) is 21.4. The van der Waals surface area contributed by atoms with E-state index in [4.69, 9.17) is 11.5 Å². The molecule has 23 heavy (non-hydrogen) atoms. The van der Waals surface area contributed by atoms with Gasteiger partial charge in [-0.05, 0) is 0 Å². The summed E-state index contributed by atoms with van der Waals surface area (Å²) >= 11 is 0. The summed E-state index contributed by atoms with van der Waals surface area (Å²) in [5, 5.41) is 0. The van der Waals surface area contributed by atoms with Gasteiger partial charge < -0.3 is 11.5 Å². The summed E-state index contributed by atoms with van der Waals surface area (Å²) in [5.41, 5.74) is 13.9. The van der Waals surface area contributed by atoms with Crippen molar-refractivity contribution in [2.45, 2.75) is 117 Å². The number of rotatable bonds is 16. The van der Waals surface area contributed by atoms with Gasteiger partial charge in [-0.15, -0.1) is 0 Å². The van der Waals surface area contributed by atoms with Crippen LogP contribution in [0.1, 0.15) is 117 Å². The van der Waals surface area contributed by atoms with Crippen LogP contribution in [0.15, 0.2) is 0 Å². The van der Waals surface area contributed by atoms with Crippen LogP contribution in [-0.4, -0.2) is 13.1 Å². The molecule has 0 atom stereocenters. The van der Waals surface area contributed by atoms with Crippen molar-refractivity contribution in [2.75, 3.05) is 13.1 Å². The molecule has 0 amide bonds. The Hall–Kier alpha value is 0.426. The fourth-order valence-corrected chi connectivity index (χ4v) is 2.52. The van der Waals surface area contributed by atoms with Crippen molar-refractivity contribution in [3.8, 4) is 0 Å². The summed E-state index contributed by atoms with van der Waals surface area (Å²) in [7, 11) is 0. The van der Waals surface area contributed by atoms with Crippen molar-refractivity contribution >= 4 is 0 Å². The van der Waals surface area contributed by atoms with Gasteiger partial charge in [-0.25, -0.2) is 0 Å². The third kappa shape index (κ3) is 34.7. The molecular weight excluding hydrogens is 327 g/mol. The maximum Gasteiger partial charge on any atom is 2.00 e. The van der Waals surface area contributed by atoms with Crippen LogP contribution in [0.4, 0.5) is 0 Å². The molecule has 143 valence electrons. The van der Waals surface area contributed by atoms with E-state index in [1.54, 1.807) is 0 Å². The largest absolute Gasteiger partial charge is 2.00 e. The van der Waals surface area contributed by atoms with E-state index in [9.17, 15) is 0 Å². The van der Waals surface area contributed by atoms with Crippen LogP contribution < -0.4 is 0 Å². The van der Waals surface area contributed by atoms with E-state index in [2.05, 4.69) is 13.8 Å². The fourth-order valence-electron chi connectivity index (χ4n) is 2.52. The Labute approximate surface area is 158 Å². The Balaban J connectivity index is -0.000000333. The molecule has 0 fully saturated rings. The van der Waals surface area contributed by atoms with Crippen molar-refractivity contribution in [2.24, 2.45) is 0 Å². The zero-order chi connectivity index (χ0) is 16.7. The van der Waals surface area contributed by atoms with Crippen LogP contribution in [0.25, 0.3) is 11.5 Å². The van der Waals surface area contributed by atoms with Gasteiger partial charge in [-0.2, -0.15) is 13.1 Å². The van der Waals surface area contributed by atoms with Gasteiger partial charge >= 0.3 is 16.8 Å². The average molecular weight is 372 g/mol. The molecule has 0 aliphatic rings. The zero-order valence-corrected chi connectivity index (χ0v) is 17.1. The van der Waals surface area contributed by atoms with Crippen LogP contribution in [0.3, 0.4) is 0 Å². The van der Waals surface area contributed by atoms with Gasteiger partial charge in [0.1, 0.15) is 0 Å². The van der Waals surface area contributed by atoms with Crippen molar-refractivity contribution in [1.29, 1.82) is 0 Å². The van der Waals surface area contributed by atoms with Crippen LogP contribution in [0.2, 0.25) is 0 Å². The Bertz CT molecular complexity index is 132. The maximum atomic E-state index is 6.95. The first-order valence-corrected chi connectivity index (χ1v) is 10.1. The van der Waals surface area contributed by atoms with Gasteiger partial charge in [0.2, 0.25) is 0 Å². The minimum absolute atomic E-state index is 0. The van der Waals surface area contributed by atoms with Crippen molar-refractivity contribution in [3.05, 3.63) is 11.5 Å².